The highest BCUT2D eigenvalue weighted by molar-refractivity contribution is 5.90. The average molecular weight is 352 g/mol. The van der Waals surface area contributed by atoms with Gasteiger partial charge in [-0.3, -0.25) is 4.79 Å². The molecule has 1 amide bonds. The third-order valence-electron chi connectivity index (χ3n) is 4.75. The van der Waals surface area contributed by atoms with E-state index in [0.717, 1.165) is 30.4 Å². The third kappa shape index (κ3) is 5.25. The van der Waals surface area contributed by atoms with E-state index in [2.05, 4.69) is 29.3 Å². The highest BCUT2D eigenvalue weighted by Crippen LogP contribution is 2.24. The van der Waals surface area contributed by atoms with E-state index in [-0.39, 0.29) is 5.91 Å². The molecule has 138 valence electrons. The van der Waals surface area contributed by atoms with Crippen LogP contribution in [0, 0.1) is 12.8 Å². The van der Waals surface area contributed by atoms with Crippen molar-refractivity contribution in [3.8, 4) is 5.75 Å². The normalized spacial score (nSPS) is 16.5. The topological polar surface area (TPSA) is 41.6 Å². The number of ether oxygens (including phenoxy) is 1. The first-order valence-corrected chi connectivity index (χ1v) is 9.44. The summed E-state index contributed by atoms with van der Waals surface area (Å²) in [5.74, 6) is 1.65. The number of hydrogen-bond donors (Lipinski definition) is 1. The number of nitrogens with one attached hydrogen (secondary N) is 1. The Balaban J connectivity index is 1.39. The second kappa shape index (κ2) is 8.75. The molecule has 0 aromatic heterocycles. The van der Waals surface area contributed by atoms with Crippen molar-refractivity contribution >= 4 is 17.3 Å². The molecule has 0 bridgehead atoms. The minimum absolute atomic E-state index is 0.0281. The monoisotopic (exact) mass is 352 g/mol. The second-order valence-corrected chi connectivity index (χ2v) is 7.20. The Morgan fingerprint density at radius 2 is 2.04 bits per heavy atom. The summed E-state index contributed by atoms with van der Waals surface area (Å²) >= 11 is 0. The summed E-state index contributed by atoms with van der Waals surface area (Å²) in [5, 5.41) is 2.96. The molecule has 1 aliphatic rings. The van der Waals surface area contributed by atoms with E-state index in [1.165, 1.54) is 17.7 Å². The Kier molecular flexibility index (Phi) is 6.16. The fraction of sp³-hybridized carbons (Fsp3) is 0.409. The van der Waals surface area contributed by atoms with Gasteiger partial charge in [-0.25, -0.2) is 0 Å². The van der Waals surface area contributed by atoms with Crippen LogP contribution in [0.15, 0.2) is 48.5 Å². The van der Waals surface area contributed by atoms with Crippen molar-refractivity contribution in [1.29, 1.82) is 0 Å². The molecule has 1 unspecified atom stereocenters. The van der Waals surface area contributed by atoms with Gasteiger partial charge in [-0.15, -0.1) is 0 Å². The van der Waals surface area contributed by atoms with Crippen LogP contribution < -0.4 is 15.0 Å². The van der Waals surface area contributed by atoms with Gasteiger partial charge in [0.15, 0.2) is 0 Å². The van der Waals surface area contributed by atoms with Crippen LogP contribution in [-0.4, -0.2) is 25.6 Å². The van der Waals surface area contributed by atoms with Crippen molar-refractivity contribution < 1.29 is 9.53 Å². The molecule has 1 N–H and O–H groups in total. The lowest BCUT2D eigenvalue weighted by molar-refractivity contribution is -0.116. The van der Waals surface area contributed by atoms with Gasteiger partial charge in [0, 0.05) is 30.9 Å². The summed E-state index contributed by atoms with van der Waals surface area (Å²) in [6.45, 7) is 7.11. The standard InChI is InChI=1S/C22H28N2O2/c1-17-5-3-6-21(15-17)26-14-4-7-22(25)23-19-8-10-20(11-9-19)24-13-12-18(2)16-24/h3,5-6,8-11,15,18H,4,7,12-14,16H2,1-2H3,(H,23,25). The SMILES string of the molecule is Cc1cccc(OCCCC(=O)Nc2ccc(N3CCC(C)C3)cc2)c1. The number of aryl methyl sites for hydroxylation is 1. The molecule has 0 aliphatic carbocycles. The highest BCUT2D eigenvalue weighted by atomic mass is 16.5. The van der Waals surface area contributed by atoms with Crippen molar-refractivity contribution in [2.75, 3.05) is 29.9 Å². The number of hydrogen-bond acceptors (Lipinski definition) is 3. The average Bonchev–Trinajstić information content (AvgIpc) is 3.06. The summed E-state index contributed by atoms with van der Waals surface area (Å²) < 4.78 is 5.68. The van der Waals surface area contributed by atoms with E-state index in [4.69, 9.17) is 4.74 Å². The predicted molar refractivity (Wildman–Crippen MR) is 107 cm³/mol. The zero-order valence-electron chi connectivity index (χ0n) is 15.7. The molecule has 4 nitrogen and oxygen atoms in total. The van der Waals surface area contributed by atoms with E-state index in [1.54, 1.807) is 0 Å². The summed E-state index contributed by atoms with van der Waals surface area (Å²) in [6.07, 6.45) is 2.41. The summed E-state index contributed by atoms with van der Waals surface area (Å²) in [7, 11) is 0. The van der Waals surface area contributed by atoms with Crippen molar-refractivity contribution in [3.05, 3.63) is 54.1 Å². The summed E-state index contributed by atoms with van der Waals surface area (Å²) in [5.41, 5.74) is 3.26. The van der Waals surface area contributed by atoms with Crippen molar-refractivity contribution in [2.45, 2.75) is 33.1 Å². The lowest BCUT2D eigenvalue weighted by Gasteiger charge is -2.18. The zero-order chi connectivity index (χ0) is 18.4. The van der Waals surface area contributed by atoms with Gasteiger partial charge in [-0.1, -0.05) is 19.1 Å². The van der Waals surface area contributed by atoms with E-state index in [9.17, 15) is 4.79 Å². The van der Waals surface area contributed by atoms with Gasteiger partial charge in [-0.2, -0.15) is 0 Å². The van der Waals surface area contributed by atoms with E-state index < -0.39 is 0 Å². The first-order valence-electron chi connectivity index (χ1n) is 9.44. The molecule has 2 aromatic rings. The number of rotatable bonds is 7. The third-order valence-corrected chi connectivity index (χ3v) is 4.75. The summed E-state index contributed by atoms with van der Waals surface area (Å²) in [6, 6.07) is 16.1. The van der Waals surface area contributed by atoms with Crippen LogP contribution in [-0.2, 0) is 4.79 Å². The molecule has 4 heteroatoms. The first kappa shape index (κ1) is 18.3. The quantitative estimate of drug-likeness (QED) is 0.738. The Bertz CT molecular complexity index is 727. The number of anilines is 2. The molecule has 26 heavy (non-hydrogen) atoms. The molecule has 0 radical (unpaired) electrons. The molecular formula is C22H28N2O2. The largest absolute Gasteiger partial charge is 0.494 e. The molecule has 2 aromatic carbocycles. The number of carbonyl (C=O) groups excluding carboxylic acids is 1. The van der Waals surface area contributed by atoms with Crippen LogP contribution in [0.2, 0.25) is 0 Å². The van der Waals surface area contributed by atoms with Crippen LogP contribution in [0.3, 0.4) is 0 Å². The molecule has 0 spiro atoms. The van der Waals surface area contributed by atoms with Gasteiger partial charge in [-0.05, 0) is 67.6 Å². The molecular weight excluding hydrogens is 324 g/mol. The van der Waals surface area contributed by atoms with Crippen LogP contribution in [0.25, 0.3) is 0 Å². The van der Waals surface area contributed by atoms with Crippen molar-refractivity contribution in [2.24, 2.45) is 5.92 Å². The van der Waals surface area contributed by atoms with Gasteiger partial charge in [0.2, 0.25) is 5.91 Å². The predicted octanol–water partition coefficient (Wildman–Crippen LogP) is 4.64. The second-order valence-electron chi connectivity index (χ2n) is 7.20. The molecule has 1 saturated heterocycles. The maximum Gasteiger partial charge on any atom is 0.224 e. The van der Waals surface area contributed by atoms with E-state index >= 15 is 0 Å². The minimum atomic E-state index is 0.0281. The Hall–Kier alpha value is -2.49. The lowest BCUT2D eigenvalue weighted by Crippen LogP contribution is -2.19. The zero-order valence-corrected chi connectivity index (χ0v) is 15.7. The molecule has 3 rings (SSSR count). The number of benzene rings is 2. The van der Waals surface area contributed by atoms with Gasteiger partial charge >= 0.3 is 0 Å². The van der Waals surface area contributed by atoms with Gasteiger partial charge in [0.05, 0.1) is 6.61 Å². The Morgan fingerprint density at radius 3 is 2.73 bits per heavy atom. The number of nitrogens with zero attached hydrogens (tertiary/aromatic N) is 1. The molecule has 1 fully saturated rings. The van der Waals surface area contributed by atoms with E-state index in [0.29, 0.717) is 19.4 Å². The first-order chi connectivity index (χ1) is 12.6. The summed E-state index contributed by atoms with van der Waals surface area (Å²) in [4.78, 5) is 14.5. The molecule has 1 heterocycles. The van der Waals surface area contributed by atoms with Crippen molar-refractivity contribution in [3.63, 3.8) is 0 Å². The minimum Gasteiger partial charge on any atom is -0.494 e. The van der Waals surface area contributed by atoms with Crippen LogP contribution >= 0.6 is 0 Å². The fourth-order valence-corrected chi connectivity index (χ4v) is 3.28. The van der Waals surface area contributed by atoms with Crippen LogP contribution in [0.1, 0.15) is 31.7 Å². The molecule has 1 atom stereocenters. The van der Waals surface area contributed by atoms with E-state index in [1.807, 2.05) is 43.3 Å². The van der Waals surface area contributed by atoms with Gasteiger partial charge < -0.3 is 15.0 Å². The smallest absolute Gasteiger partial charge is 0.224 e. The number of amides is 1. The van der Waals surface area contributed by atoms with Crippen LogP contribution in [0.5, 0.6) is 5.75 Å². The lowest BCUT2D eigenvalue weighted by atomic mass is 10.2. The van der Waals surface area contributed by atoms with Crippen molar-refractivity contribution in [1.82, 2.24) is 0 Å². The fourth-order valence-electron chi connectivity index (χ4n) is 3.28. The maximum atomic E-state index is 12.1. The number of carbonyl (C=O) groups is 1. The Labute approximate surface area is 156 Å². The Morgan fingerprint density at radius 1 is 1.23 bits per heavy atom. The van der Waals surface area contributed by atoms with Gasteiger partial charge in [0.25, 0.3) is 0 Å². The van der Waals surface area contributed by atoms with Gasteiger partial charge in [0.1, 0.15) is 5.75 Å². The highest BCUT2D eigenvalue weighted by Gasteiger charge is 2.18. The molecule has 1 aliphatic heterocycles. The van der Waals surface area contributed by atoms with Crippen LogP contribution in [0.4, 0.5) is 11.4 Å². The maximum absolute atomic E-state index is 12.1. The molecule has 0 saturated carbocycles.